The van der Waals surface area contributed by atoms with E-state index in [2.05, 4.69) is 10.6 Å². The van der Waals surface area contributed by atoms with Gasteiger partial charge in [-0.25, -0.2) is 0 Å². The molecule has 3 heterocycles. The highest BCUT2D eigenvalue weighted by Crippen LogP contribution is 2.23. The van der Waals surface area contributed by atoms with Crippen LogP contribution in [-0.4, -0.2) is 53.4 Å². The quantitative estimate of drug-likeness (QED) is 0.616. The second-order valence-corrected chi connectivity index (χ2v) is 6.10. The van der Waals surface area contributed by atoms with Crippen molar-refractivity contribution in [1.82, 2.24) is 15.5 Å². The van der Waals surface area contributed by atoms with E-state index in [-0.39, 0.29) is 17.7 Å². The lowest BCUT2D eigenvalue weighted by atomic mass is 10.1. The summed E-state index contributed by atoms with van der Waals surface area (Å²) in [5.74, 6) is -1.24. The molecule has 0 aromatic carbocycles. The maximum atomic E-state index is 12.5. The normalized spacial score (nSPS) is 23.9. The number of amides is 2. The lowest BCUT2D eigenvalue weighted by molar-refractivity contribution is -0.402. The van der Waals surface area contributed by atoms with E-state index in [9.17, 15) is 19.7 Å². The minimum Gasteiger partial charge on any atom is -0.395 e. The van der Waals surface area contributed by atoms with Crippen LogP contribution in [0, 0.1) is 10.1 Å². The van der Waals surface area contributed by atoms with Crippen LogP contribution in [0.5, 0.6) is 0 Å². The Morgan fingerprint density at radius 2 is 2.17 bits per heavy atom. The number of hydrogen-bond donors (Lipinski definition) is 2. The molecule has 2 aliphatic rings. The molecule has 2 atom stereocenters. The van der Waals surface area contributed by atoms with Crippen molar-refractivity contribution >= 4 is 17.7 Å². The zero-order valence-corrected chi connectivity index (χ0v) is 13.2. The summed E-state index contributed by atoms with van der Waals surface area (Å²) in [5.41, 5.74) is 0. The first-order valence-electron chi connectivity index (χ1n) is 8.12. The van der Waals surface area contributed by atoms with E-state index in [4.69, 9.17) is 4.42 Å². The Morgan fingerprint density at radius 1 is 1.33 bits per heavy atom. The molecule has 0 aliphatic carbocycles. The summed E-state index contributed by atoms with van der Waals surface area (Å²) in [7, 11) is 0. The molecule has 1 aromatic rings. The van der Waals surface area contributed by atoms with Gasteiger partial charge in [-0.3, -0.25) is 19.7 Å². The van der Waals surface area contributed by atoms with Crippen molar-refractivity contribution in [3.63, 3.8) is 0 Å². The van der Waals surface area contributed by atoms with Gasteiger partial charge in [0.2, 0.25) is 5.91 Å². The van der Waals surface area contributed by atoms with Crippen LogP contribution in [0.25, 0.3) is 0 Å². The highest BCUT2D eigenvalue weighted by molar-refractivity contribution is 5.96. The van der Waals surface area contributed by atoms with Crippen molar-refractivity contribution in [3.05, 3.63) is 28.0 Å². The minimum atomic E-state index is -0.693. The number of hydrogen-bond acceptors (Lipinski definition) is 6. The predicted molar refractivity (Wildman–Crippen MR) is 83.5 cm³/mol. The van der Waals surface area contributed by atoms with Gasteiger partial charge in [-0.15, -0.1) is 0 Å². The molecule has 0 bridgehead atoms. The highest BCUT2D eigenvalue weighted by Gasteiger charge is 2.37. The third kappa shape index (κ3) is 3.40. The molecule has 2 aliphatic heterocycles. The molecule has 0 radical (unpaired) electrons. The number of carbonyl (C=O) groups excluding carboxylic acids is 2. The Morgan fingerprint density at radius 3 is 2.83 bits per heavy atom. The van der Waals surface area contributed by atoms with Crippen LogP contribution in [0.1, 0.15) is 36.2 Å². The van der Waals surface area contributed by atoms with Gasteiger partial charge in [0.1, 0.15) is 11.0 Å². The summed E-state index contributed by atoms with van der Waals surface area (Å²) in [4.78, 5) is 36.4. The monoisotopic (exact) mass is 336 g/mol. The van der Waals surface area contributed by atoms with Gasteiger partial charge in [-0.05, 0) is 38.3 Å². The average Bonchev–Trinajstić information content (AvgIpc) is 3.25. The number of carbonyl (C=O) groups is 2. The number of nitro groups is 1. The molecule has 0 saturated carbocycles. The number of piperidine rings is 1. The van der Waals surface area contributed by atoms with Crippen LogP contribution in [0.15, 0.2) is 16.5 Å². The van der Waals surface area contributed by atoms with Crippen LogP contribution < -0.4 is 10.6 Å². The molecule has 9 nitrogen and oxygen atoms in total. The van der Waals surface area contributed by atoms with E-state index in [1.54, 1.807) is 0 Å². The lowest BCUT2D eigenvalue weighted by Crippen LogP contribution is -2.52. The molecule has 1 unspecified atom stereocenters. The number of likely N-dealkylation sites (tertiary alicyclic amines) is 1. The van der Waals surface area contributed by atoms with Gasteiger partial charge >= 0.3 is 5.88 Å². The fraction of sp³-hybridized carbons (Fsp3) is 0.600. The molecular weight excluding hydrogens is 316 g/mol. The molecular formula is C15H20N4O5. The summed E-state index contributed by atoms with van der Waals surface area (Å²) in [6, 6.07) is 1.95. The third-order valence-electron chi connectivity index (χ3n) is 4.44. The molecule has 9 heteroatoms. The van der Waals surface area contributed by atoms with E-state index in [1.807, 2.05) is 0 Å². The Balaban J connectivity index is 1.66. The van der Waals surface area contributed by atoms with Gasteiger partial charge in [-0.2, -0.15) is 0 Å². The van der Waals surface area contributed by atoms with Gasteiger partial charge in [0.25, 0.3) is 5.91 Å². The Labute approximate surface area is 138 Å². The number of nitrogens with zero attached hydrogens (tertiary/aromatic N) is 2. The fourth-order valence-corrected chi connectivity index (χ4v) is 3.24. The summed E-state index contributed by atoms with van der Waals surface area (Å²) >= 11 is 0. The molecule has 3 rings (SSSR count). The molecule has 1 aromatic heterocycles. The minimum absolute atomic E-state index is 0.0773. The fourth-order valence-electron chi connectivity index (χ4n) is 3.24. The standard InChI is InChI=1S/C15H20N4O5/c20-14(17-10-3-1-7-16-9-10)11-4-2-8-18(11)15(21)12-5-6-13(24-12)19(22)23/h5-6,10-11,16H,1-4,7-9H2,(H,17,20)/t10-,11?/m0/s1. The van der Waals surface area contributed by atoms with E-state index in [0.29, 0.717) is 13.0 Å². The van der Waals surface area contributed by atoms with Crippen LogP contribution in [0.3, 0.4) is 0 Å². The van der Waals surface area contributed by atoms with Gasteiger partial charge in [0, 0.05) is 19.1 Å². The van der Waals surface area contributed by atoms with E-state index < -0.39 is 22.8 Å². The van der Waals surface area contributed by atoms with Crippen LogP contribution >= 0.6 is 0 Å². The second kappa shape index (κ2) is 7.00. The SMILES string of the molecule is O=C(N[C@H]1CCCNC1)C1CCCN1C(=O)c1ccc([N+](=O)[O-])o1. The number of nitrogens with one attached hydrogen (secondary N) is 2. The largest absolute Gasteiger partial charge is 0.433 e. The van der Waals surface area contributed by atoms with E-state index in [0.717, 1.165) is 38.4 Å². The Hall–Kier alpha value is -2.42. The topological polar surface area (TPSA) is 118 Å². The van der Waals surface area contributed by atoms with Crippen molar-refractivity contribution in [3.8, 4) is 0 Å². The molecule has 24 heavy (non-hydrogen) atoms. The van der Waals surface area contributed by atoms with Gasteiger partial charge < -0.3 is 20.0 Å². The van der Waals surface area contributed by atoms with Crippen LogP contribution in [0.4, 0.5) is 5.88 Å². The lowest BCUT2D eigenvalue weighted by Gasteiger charge is -2.28. The first kappa shape index (κ1) is 16.4. The molecule has 130 valence electrons. The summed E-state index contributed by atoms with van der Waals surface area (Å²) in [6.45, 7) is 2.13. The Kier molecular flexibility index (Phi) is 4.79. The molecule has 2 fully saturated rings. The predicted octanol–water partition coefficient (Wildman–Crippen LogP) is 0.661. The zero-order chi connectivity index (χ0) is 17.1. The van der Waals surface area contributed by atoms with Crippen molar-refractivity contribution < 1.29 is 18.9 Å². The number of furan rings is 1. The maximum absolute atomic E-state index is 12.5. The van der Waals surface area contributed by atoms with Crippen LogP contribution in [-0.2, 0) is 4.79 Å². The average molecular weight is 336 g/mol. The smallest absolute Gasteiger partial charge is 0.395 e. The maximum Gasteiger partial charge on any atom is 0.433 e. The number of rotatable bonds is 4. The Bertz CT molecular complexity index is 638. The van der Waals surface area contributed by atoms with Gasteiger partial charge in [0.05, 0.1) is 6.07 Å². The van der Waals surface area contributed by atoms with Crippen molar-refractivity contribution in [1.29, 1.82) is 0 Å². The first-order chi connectivity index (χ1) is 11.6. The zero-order valence-electron chi connectivity index (χ0n) is 13.2. The molecule has 0 spiro atoms. The molecule has 2 N–H and O–H groups in total. The highest BCUT2D eigenvalue weighted by atomic mass is 16.6. The molecule has 2 amide bonds. The second-order valence-electron chi connectivity index (χ2n) is 6.10. The summed E-state index contributed by atoms with van der Waals surface area (Å²) in [5, 5.41) is 16.9. The van der Waals surface area contributed by atoms with Crippen molar-refractivity contribution in [2.75, 3.05) is 19.6 Å². The van der Waals surface area contributed by atoms with Gasteiger partial charge in [0.15, 0.2) is 5.76 Å². The van der Waals surface area contributed by atoms with Crippen molar-refractivity contribution in [2.24, 2.45) is 0 Å². The summed E-state index contributed by atoms with van der Waals surface area (Å²) < 4.78 is 4.97. The molecule has 2 saturated heterocycles. The van der Waals surface area contributed by atoms with E-state index in [1.165, 1.54) is 11.0 Å². The van der Waals surface area contributed by atoms with Gasteiger partial charge in [-0.1, -0.05) is 0 Å². The first-order valence-corrected chi connectivity index (χ1v) is 8.12. The van der Waals surface area contributed by atoms with Crippen molar-refractivity contribution in [2.45, 2.75) is 37.8 Å². The van der Waals surface area contributed by atoms with Crippen LogP contribution in [0.2, 0.25) is 0 Å². The van der Waals surface area contributed by atoms with E-state index >= 15 is 0 Å². The third-order valence-corrected chi connectivity index (χ3v) is 4.44. The summed E-state index contributed by atoms with van der Waals surface area (Å²) in [6.07, 6.45) is 3.23.